The zero-order valence-corrected chi connectivity index (χ0v) is 22.4. The molecule has 0 aliphatic rings. The molecule has 0 saturated heterocycles. The third kappa shape index (κ3) is 3.25. The van der Waals surface area contributed by atoms with Crippen molar-refractivity contribution in [3.63, 3.8) is 0 Å². The van der Waals surface area contributed by atoms with Crippen LogP contribution in [0.3, 0.4) is 0 Å². The molecule has 0 fully saturated rings. The normalized spacial score (nSPS) is 12.1. The van der Waals surface area contributed by atoms with Crippen molar-refractivity contribution in [2.24, 2.45) is 0 Å². The largest absolute Gasteiger partial charge is 0.452 e. The van der Waals surface area contributed by atoms with Gasteiger partial charge in [0, 0.05) is 33.7 Å². The predicted octanol–water partition coefficient (Wildman–Crippen LogP) is 10.2. The summed E-state index contributed by atoms with van der Waals surface area (Å²) in [7, 11) is 0. The quantitative estimate of drug-likeness (QED) is 0.229. The molecule has 41 heavy (non-hydrogen) atoms. The molecule has 3 aromatic heterocycles. The Balaban J connectivity index is 1.16. The Kier molecular flexibility index (Phi) is 4.56. The second-order valence-electron chi connectivity index (χ2n) is 10.7. The number of benzene rings is 6. The van der Waals surface area contributed by atoms with E-state index in [9.17, 15) is 0 Å². The molecule has 4 heteroatoms. The van der Waals surface area contributed by atoms with E-state index in [-0.39, 0.29) is 0 Å². The molecule has 3 heterocycles. The first-order valence-electron chi connectivity index (χ1n) is 14.0. The Labute approximate surface area is 235 Å². The molecule has 0 spiro atoms. The van der Waals surface area contributed by atoms with Crippen LogP contribution < -0.4 is 0 Å². The maximum atomic E-state index is 6.35. The first-order valence-corrected chi connectivity index (χ1v) is 14.0. The van der Waals surface area contributed by atoms with Crippen LogP contribution in [0.15, 0.2) is 124 Å². The van der Waals surface area contributed by atoms with Gasteiger partial charge in [-0.2, -0.15) is 0 Å². The number of aromatic nitrogens is 2. The summed E-state index contributed by atoms with van der Waals surface area (Å²) in [6, 6.07) is 40.6. The second-order valence-corrected chi connectivity index (χ2v) is 10.7. The summed E-state index contributed by atoms with van der Waals surface area (Å²) in [5.41, 5.74) is 8.99. The molecule has 0 amide bonds. The molecule has 9 aromatic rings. The highest BCUT2D eigenvalue weighted by Crippen LogP contribution is 2.40. The monoisotopic (exact) mass is 528 g/mol. The number of fused-ring (bicyclic) bond motifs is 9. The minimum absolute atomic E-state index is 0.801. The molecule has 0 aliphatic heterocycles. The van der Waals surface area contributed by atoms with Gasteiger partial charge in [0.15, 0.2) is 11.2 Å². The fraction of sp³-hybridized carbons (Fsp3) is 0.0541. The molecule has 0 aliphatic carbocycles. The van der Waals surface area contributed by atoms with E-state index in [0.717, 1.165) is 78.4 Å². The summed E-state index contributed by atoms with van der Waals surface area (Å²) in [6.07, 6.45) is 0.874. The van der Waals surface area contributed by atoms with Gasteiger partial charge in [0.2, 0.25) is 0 Å². The smallest absolute Gasteiger partial charge is 0.178 e. The predicted molar refractivity (Wildman–Crippen MR) is 168 cm³/mol. The third-order valence-corrected chi connectivity index (χ3v) is 8.34. The first kappa shape index (κ1) is 22.5. The van der Waals surface area contributed by atoms with E-state index in [4.69, 9.17) is 13.8 Å². The maximum absolute atomic E-state index is 6.35. The zero-order chi connectivity index (χ0) is 27.1. The lowest BCUT2D eigenvalue weighted by atomic mass is 9.99. The summed E-state index contributed by atoms with van der Waals surface area (Å²) in [6.45, 7) is 2.16. The van der Waals surface area contributed by atoms with E-state index in [0.29, 0.717) is 0 Å². The number of aryl methyl sites for hydroxylation is 1. The van der Waals surface area contributed by atoms with Gasteiger partial charge in [-0.15, -0.1) is 0 Å². The van der Waals surface area contributed by atoms with Crippen LogP contribution in [0.5, 0.6) is 0 Å². The second kappa shape index (κ2) is 8.33. The lowest BCUT2D eigenvalue weighted by Crippen LogP contribution is -1.99. The Morgan fingerprint density at radius 2 is 1.27 bits per heavy atom. The Bertz CT molecular complexity index is 2470. The van der Waals surface area contributed by atoms with E-state index in [1.807, 2.05) is 24.3 Å². The summed E-state index contributed by atoms with van der Waals surface area (Å²) < 4.78 is 14.9. The topological polar surface area (TPSA) is 44.1 Å². The van der Waals surface area contributed by atoms with Gasteiger partial charge in [-0.1, -0.05) is 61.5 Å². The summed E-state index contributed by atoms with van der Waals surface area (Å²) in [5.74, 6) is 1.07. The molecular formula is C37H24N2O2. The van der Waals surface area contributed by atoms with Crippen LogP contribution >= 0.6 is 0 Å². The molecule has 0 unspecified atom stereocenters. The van der Waals surface area contributed by atoms with Gasteiger partial charge >= 0.3 is 0 Å². The van der Waals surface area contributed by atoms with Crippen LogP contribution in [0.4, 0.5) is 0 Å². The number of furan rings is 2. The van der Waals surface area contributed by atoms with E-state index in [2.05, 4.69) is 102 Å². The van der Waals surface area contributed by atoms with Crippen molar-refractivity contribution in [3.05, 3.63) is 121 Å². The summed E-state index contributed by atoms with van der Waals surface area (Å²) in [5, 5.41) is 6.75. The van der Waals surface area contributed by atoms with Crippen molar-refractivity contribution in [1.82, 2.24) is 9.55 Å². The first-order chi connectivity index (χ1) is 20.2. The minimum Gasteiger partial charge on any atom is -0.452 e. The molecule has 0 N–H and O–H groups in total. The number of hydrogen-bond donors (Lipinski definition) is 0. The highest BCUT2D eigenvalue weighted by atomic mass is 16.4. The summed E-state index contributed by atoms with van der Waals surface area (Å²) in [4.78, 5) is 4.86. The van der Waals surface area contributed by atoms with Crippen LogP contribution in [0.25, 0.3) is 82.5 Å². The maximum Gasteiger partial charge on any atom is 0.178 e. The summed E-state index contributed by atoms with van der Waals surface area (Å²) >= 11 is 0. The number of rotatable bonds is 3. The molecule has 0 radical (unpaired) electrons. The fourth-order valence-corrected chi connectivity index (χ4v) is 6.35. The average Bonchev–Trinajstić information content (AvgIpc) is 3.71. The van der Waals surface area contributed by atoms with Crippen molar-refractivity contribution in [2.75, 3.05) is 0 Å². The number of nitrogens with zero attached hydrogens (tertiary/aromatic N) is 2. The van der Waals surface area contributed by atoms with Crippen molar-refractivity contribution < 1.29 is 8.83 Å². The van der Waals surface area contributed by atoms with Gasteiger partial charge in [-0.05, 0) is 82.6 Å². The van der Waals surface area contributed by atoms with Crippen LogP contribution in [0, 0.1) is 0 Å². The third-order valence-electron chi connectivity index (χ3n) is 8.34. The standard InChI is InChI=1S/C37H24N2O2/c1-2-35-38-31-8-4-5-9-32(31)39(35)26-15-13-23-19-22(11-12-24(23)20-26)25-14-18-34-30(21-25)29-17-16-28-27-7-3-6-10-33(27)40-36(28)37(29)41-34/h3-21H,2H2,1H3. The van der Waals surface area contributed by atoms with Crippen molar-refractivity contribution >= 4 is 65.7 Å². The van der Waals surface area contributed by atoms with Crippen molar-refractivity contribution in [3.8, 4) is 16.8 Å². The van der Waals surface area contributed by atoms with Gasteiger partial charge in [-0.25, -0.2) is 4.98 Å². The number of imidazole rings is 1. The van der Waals surface area contributed by atoms with E-state index in [1.165, 1.54) is 16.3 Å². The van der Waals surface area contributed by atoms with Crippen LogP contribution in [0.1, 0.15) is 12.7 Å². The Morgan fingerprint density at radius 3 is 2.15 bits per heavy atom. The molecule has 194 valence electrons. The van der Waals surface area contributed by atoms with Gasteiger partial charge in [0.05, 0.1) is 11.0 Å². The molecule has 4 nitrogen and oxygen atoms in total. The van der Waals surface area contributed by atoms with Gasteiger partial charge in [-0.3, -0.25) is 4.57 Å². The highest BCUT2D eigenvalue weighted by Gasteiger charge is 2.16. The van der Waals surface area contributed by atoms with Gasteiger partial charge in [0.1, 0.15) is 17.0 Å². The molecule has 0 saturated carbocycles. The van der Waals surface area contributed by atoms with E-state index < -0.39 is 0 Å². The Hall–Kier alpha value is -5.35. The van der Waals surface area contributed by atoms with Crippen molar-refractivity contribution in [1.29, 1.82) is 0 Å². The zero-order valence-electron chi connectivity index (χ0n) is 22.4. The molecule has 9 rings (SSSR count). The van der Waals surface area contributed by atoms with Gasteiger partial charge in [0.25, 0.3) is 0 Å². The number of para-hydroxylation sites is 3. The van der Waals surface area contributed by atoms with Crippen LogP contribution in [0.2, 0.25) is 0 Å². The Morgan fingerprint density at radius 1 is 0.585 bits per heavy atom. The van der Waals surface area contributed by atoms with Crippen LogP contribution in [-0.4, -0.2) is 9.55 Å². The van der Waals surface area contributed by atoms with E-state index in [1.54, 1.807) is 0 Å². The lowest BCUT2D eigenvalue weighted by Gasteiger charge is -2.11. The highest BCUT2D eigenvalue weighted by molar-refractivity contribution is 6.19. The van der Waals surface area contributed by atoms with Crippen molar-refractivity contribution in [2.45, 2.75) is 13.3 Å². The van der Waals surface area contributed by atoms with Gasteiger partial charge < -0.3 is 8.83 Å². The average molecular weight is 529 g/mol. The molecular weight excluding hydrogens is 504 g/mol. The fourth-order valence-electron chi connectivity index (χ4n) is 6.35. The molecule has 0 atom stereocenters. The van der Waals surface area contributed by atoms with Crippen LogP contribution in [-0.2, 0) is 6.42 Å². The molecule has 0 bridgehead atoms. The number of hydrogen-bond acceptors (Lipinski definition) is 3. The SMILES string of the molecule is CCc1nc2ccccc2n1-c1ccc2cc(-c3ccc4oc5c(ccc6c7ccccc7oc65)c4c3)ccc2c1. The molecule has 6 aromatic carbocycles. The van der Waals surface area contributed by atoms with E-state index >= 15 is 0 Å². The minimum atomic E-state index is 0.801. The lowest BCUT2D eigenvalue weighted by molar-refractivity contribution is 0.633.